The van der Waals surface area contributed by atoms with Crippen molar-refractivity contribution in [1.82, 2.24) is 0 Å². The molecule has 0 amide bonds. The number of nitro benzene ring substituents is 1. The average molecular weight is 302 g/mol. The van der Waals surface area contributed by atoms with Crippen molar-refractivity contribution in [2.45, 2.75) is 12.7 Å². The maximum absolute atomic E-state index is 12.9. The number of nitrogens with one attached hydrogen (secondary N) is 1. The fourth-order valence-electron chi connectivity index (χ4n) is 1.63. The van der Waals surface area contributed by atoms with Crippen molar-refractivity contribution < 1.29 is 18.1 Å². The molecular formula is C12H9F3N2O2S. The van der Waals surface area contributed by atoms with E-state index >= 15 is 0 Å². The van der Waals surface area contributed by atoms with Crippen LogP contribution in [0.1, 0.15) is 11.1 Å². The van der Waals surface area contributed by atoms with E-state index in [0.717, 1.165) is 17.7 Å². The van der Waals surface area contributed by atoms with E-state index in [1.807, 2.05) is 10.8 Å². The Balaban J connectivity index is 2.29. The normalized spacial score (nSPS) is 11.3. The zero-order valence-electron chi connectivity index (χ0n) is 9.98. The van der Waals surface area contributed by atoms with Crippen LogP contribution in [0.3, 0.4) is 0 Å². The van der Waals surface area contributed by atoms with Crippen molar-refractivity contribution >= 4 is 22.7 Å². The van der Waals surface area contributed by atoms with E-state index in [-0.39, 0.29) is 12.2 Å². The molecule has 2 rings (SSSR count). The van der Waals surface area contributed by atoms with Crippen LogP contribution >= 0.6 is 11.3 Å². The summed E-state index contributed by atoms with van der Waals surface area (Å²) in [4.78, 5) is 9.71. The molecule has 0 atom stereocenters. The molecular weight excluding hydrogens is 293 g/mol. The lowest BCUT2D eigenvalue weighted by atomic mass is 10.1. The molecule has 8 heteroatoms. The van der Waals surface area contributed by atoms with E-state index in [9.17, 15) is 23.3 Å². The van der Waals surface area contributed by atoms with Crippen molar-refractivity contribution in [3.63, 3.8) is 0 Å². The summed E-state index contributed by atoms with van der Waals surface area (Å²) < 4.78 is 38.7. The molecule has 0 radical (unpaired) electrons. The van der Waals surface area contributed by atoms with Crippen LogP contribution < -0.4 is 5.32 Å². The first-order valence-corrected chi connectivity index (χ1v) is 6.43. The molecule has 0 unspecified atom stereocenters. The summed E-state index contributed by atoms with van der Waals surface area (Å²) >= 11 is 1.44. The number of non-ortho nitro benzene ring substituents is 1. The van der Waals surface area contributed by atoms with E-state index < -0.39 is 22.4 Å². The van der Waals surface area contributed by atoms with Gasteiger partial charge in [0.1, 0.15) is 0 Å². The van der Waals surface area contributed by atoms with Crippen LogP contribution in [0.25, 0.3) is 0 Å². The summed E-state index contributed by atoms with van der Waals surface area (Å²) in [5, 5.41) is 16.8. The first kappa shape index (κ1) is 14.3. The number of anilines is 1. The summed E-state index contributed by atoms with van der Waals surface area (Å²) in [6.07, 6.45) is -4.65. The van der Waals surface area contributed by atoms with E-state index in [1.165, 1.54) is 11.3 Å². The van der Waals surface area contributed by atoms with Crippen LogP contribution in [-0.2, 0) is 12.7 Å². The van der Waals surface area contributed by atoms with Gasteiger partial charge in [-0.25, -0.2) is 0 Å². The van der Waals surface area contributed by atoms with Gasteiger partial charge in [-0.3, -0.25) is 10.1 Å². The van der Waals surface area contributed by atoms with Crippen LogP contribution in [0.2, 0.25) is 0 Å². The highest BCUT2D eigenvalue weighted by Crippen LogP contribution is 2.37. The molecule has 0 saturated heterocycles. The zero-order chi connectivity index (χ0) is 14.8. The number of hydrogen-bond donors (Lipinski definition) is 1. The Kier molecular flexibility index (Phi) is 3.93. The highest BCUT2D eigenvalue weighted by Gasteiger charge is 2.35. The fraction of sp³-hybridized carbons (Fsp3) is 0.167. The molecule has 1 aromatic carbocycles. The third-order valence-electron chi connectivity index (χ3n) is 2.58. The fourth-order valence-corrected chi connectivity index (χ4v) is 2.29. The average Bonchev–Trinajstić information content (AvgIpc) is 2.88. The standard InChI is InChI=1S/C12H9F3N2O2S/c13-12(14,15)10-5-9(17(18)19)1-2-11(10)16-6-8-3-4-20-7-8/h1-5,7,16H,6H2. The molecule has 4 nitrogen and oxygen atoms in total. The lowest BCUT2D eigenvalue weighted by molar-refractivity contribution is -0.385. The predicted octanol–water partition coefficient (Wildman–Crippen LogP) is 4.29. The second-order valence-corrected chi connectivity index (χ2v) is 4.75. The first-order valence-electron chi connectivity index (χ1n) is 5.48. The van der Waals surface area contributed by atoms with Crippen molar-refractivity contribution in [1.29, 1.82) is 0 Å². The topological polar surface area (TPSA) is 55.2 Å². The first-order chi connectivity index (χ1) is 9.38. The highest BCUT2D eigenvalue weighted by atomic mass is 32.1. The maximum atomic E-state index is 12.9. The largest absolute Gasteiger partial charge is 0.418 e. The molecule has 0 bridgehead atoms. The third-order valence-corrected chi connectivity index (χ3v) is 3.31. The molecule has 0 aliphatic carbocycles. The van der Waals surface area contributed by atoms with E-state index in [1.54, 1.807) is 6.07 Å². The van der Waals surface area contributed by atoms with Gasteiger partial charge in [0.25, 0.3) is 5.69 Å². The quantitative estimate of drug-likeness (QED) is 0.677. The molecule has 0 aliphatic rings. The molecule has 1 heterocycles. The number of rotatable bonds is 4. The van der Waals surface area contributed by atoms with Gasteiger partial charge in [-0.1, -0.05) is 0 Å². The SMILES string of the molecule is O=[N+]([O-])c1ccc(NCc2ccsc2)c(C(F)(F)F)c1. The van der Waals surface area contributed by atoms with Gasteiger partial charge in [0.2, 0.25) is 0 Å². The number of benzene rings is 1. The Morgan fingerprint density at radius 3 is 2.60 bits per heavy atom. The van der Waals surface area contributed by atoms with Gasteiger partial charge < -0.3 is 5.32 Å². The molecule has 0 spiro atoms. The van der Waals surface area contributed by atoms with Crippen molar-refractivity contribution in [2.24, 2.45) is 0 Å². The van der Waals surface area contributed by atoms with Gasteiger partial charge in [-0.05, 0) is 28.5 Å². The molecule has 20 heavy (non-hydrogen) atoms. The van der Waals surface area contributed by atoms with Crippen LogP contribution in [0, 0.1) is 10.1 Å². The van der Waals surface area contributed by atoms with Gasteiger partial charge in [0.05, 0.1) is 10.5 Å². The highest BCUT2D eigenvalue weighted by molar-refractivity contribution is 7.07. The Morgan fingerprint density at radius 2 is 2.05 bits per heavy atom. The molecule has 1 aromatic heterocycles. The Labute approximate surface area is 116 Å². The Morgan fingerprint density at radius 1 is 1.30 bits per heavy atom. The lowest BCUT2D eigenvalue weighted by Crippen LogP contribution is -2.11. The smallest absolute Gasteiger partial charge is 0.380 e. The molecule has 0 fully saturated rings. The Bertz CT molecular complexity index is 612. The van der Waals surface area contributed by atoms with E-state index in [4.69, 9.17) is 0 Å². The number of thiophene rings is 1. The van der Waals surface area contributed by atoms with Crippen LogP contribution in [0.15, 0.2) is 35.0 Å². The number of hydrogen-bond acceptors (Lipinski definition) is 4. The van der Waals surface area contributed by atoms with Crippen LogP contribution in [0.4, 0.5) is 24.5 Å². The second-order valence-electron chi connectivity index (χ2n) is 3.97. The van der Waals surface area contributed by atoms with Crippen molar-refractivity contribution in [3.8, 4) is 0 Å². The summed E-state index contributed by atoms with van der Waals surface area (Å²) in [7, 11) is 0. The van der Waals surface area contributed by atoms with Gasteiger partial charge in [0.15, 0.2) is 0 Å². The third kappa shape index (κ3) is 3.27. The summed E-state index contributed by atoms with van der Waals surface area (Å²) in [5.41, 5.74) is -0.948. The number of nitrogens with zero attached hydrogens (tertiary/aromatic N) is 1. The van der Waals surface area contributed by atoms with Gasteiger partial charge in [-0.15, -0.1) is 0 Å². The number of alkyl halides is 3. The van der Waals surface area contributed by atoms with E-state index in [0.29, 0.717) is 6.07 Å². The molecule has 2 aromatic rings. The number of halogens is 3. The van der Waals surface area contributed by atoms with Crippen LogP contribution in [0.5, 0.6) is 0 Å². The summed E-state index contributed by atoms with van der Waals surface area (Å²) in [6.45, 7) is 0.227. The number of nitro groups is 1. The summed E-state index contributed by atoms with van der Waals surface area (Å²) in [5.74, 6) is 0. The molecule has 1 N–H and O–H groups in total. The van der Waals surface area contributed by atoms with Gasteiger partial charge in [-0.2, -0.15) is 24.5 Å². The molecule has 0 aliphatic heterocycles. The zero-order valence-corrected chi connectivity index (χ0v) is 10.8. The lowest BCUT2D eigenvalue weighted by Gasteiger charge is -2.14. The molecule has 106 valence electrons. The molecule has 0 saturated carbocycles. The minimum absolute atomic E-state index is 0.172. The second kappa shape index (κ2) is 5.49. The van der Waals surface area contributed by atoms with E-state index in [2.05, 4.69) is 5.32 Å². The predicted molar refractivity (Wildman–Crippen MR) is 69.7 cm³/mol. The minimum Gasteiger partial charge on any atom is -0.380 e. The Hall–Kier alpha value is -2.09. The van der Waals surface area contributed by atoms with Gasteiger partial charge >= 0.3 is 6.18 Å². The summed E-state index contributed by atoms with van der Waals surface area (Å²) in [6, 6.07) is 4.45. The van der Waals surface area contributed by atoms with Crippen LogP contribution in [-0.4, -0.2) is 4.92 Å². The minimum atomic E-state index is -4.65. The maximum Gasteiger partial charge on any atom is 0.418 e. The van der Waals surface area contributed by atoms with Crippen molar-refractivity contribution in [2.75, 3.05) is 5.32 Å². The van der Waals surface area contributed by atoms with Crippen molar-refractivity contribution in [3.05, 3.63) is 56.3 Å². The monoisotopic (exact) mass is 302 g/mol. The van der Waals surface area contributed by atoms with Gasteiger partial charge in [0, 0.05) is 24.4 Å².